The first-order chi connectivity index (χ1) is 12.8. The number of barbiturate groups is 1. The number of amides is 4. The van der Waals surface area contributed by atoms with E-state index in [0.717, 1.165) is 16.2 Å². The number of anilines is 2. The number of hydrogen-bond acceptors (Lipinski definition) is 4. The third-order valence-electron chi connectivity index (χ3n) is 4.24. The zero-order valence-corrected chi connectivity index (χ0v) is 15.9. The zero-order chi connectivity index (χ0) is 19.7. The molecule has 1 heterocycles. The standard InChI is InChI=1S/C20H18ClN3O3/c1-12-4-7-15(11-17(12)21)24-19(26)16(18(25)22-20(24)27)10-13-5-8-14(9-6-13)23(2)3/h4-11H,1-3H3,(H,22,25,27)/b16-10-. The van der Waals surface area contributed by atoms with E-state index in [0.29, 0.717) is 16.3 Å². The van der Waals surface area contributed by atoms with Gasteiger partial charge in [0.05, 0.1) is 5.69 Å². The monoisotopic (exact) mass is 383 g/mol. The van der Waals surface area contributed by atoms with Crippen LogP contribution in [0.1, 0.15) is 11.1 Å². The number of aryl methyl sites for hydroxylation is 1. The van der Waals surface area contributed by atoms with Gasteiger partial charge in [0, 0.05) is 24.8 Å². The van der Waals surface area contributed by atoms with Crippen LogP contribution < -0.4 is 15.1 Å². The lowest BCUT2D eigenvalue weighted by Gasteiger charge is -2.26. The fourth-order valence-corrected chi connectivity index (χ4v) is 2.82. The molecular formula is C20H18ClN3O3. The van der Waals surface area contributed by atoms with Gasteiger partial charge in [0.25, 0.3) is 11.8 Å². The van der Waals surface area contributed by atoms with Gasteiger partial charge in [0.1, 0.15) is 5.57 Å². The highest BCUT2D eigenvalue weighted by atomic mass is 35.5. The Morgan fingerprint density at radius 1 is 1.04 bits per heavy atom. The van der Waals surface area contributed by atoms with E-state index in [1.54, 1.807) is 24.3 Å². The molecule has 6 nitrogen and oxygen atoms in total. The van der Waals surface area contributed by atoms with Crippen molar-refractivity contribution in [3.63, 3.8) is 0 Å². The van der Waals surface area contributed by atoms with Gasteiger partial charge in [0.2, 0.25) is 0 Å². The molecule has 0 aliphatic carbocycles. The van der Waals surface area contributed by atoms with Crippen LogP contribution in [0.25, 0.3) is 6.08 Å². The van der Waals surface area contributed by atoms with E-state index in [-0.39, 0.29) is 5.57 Å². The summed E-state index contributed by atoms with van der Waals surface area (Å²) in [5.41, 5.74) is 2.66. The van der Waals surface area contributed by atoms with Gasteiger partial charge in [-0.05, 0) is 48.4 Å². The second-order valence-corrected chi connectivity index (χ2v) is 6.78. The molecule has 0 aromatic heterocycles. The Labute approximate surface area is 162 Å². The van der Waals surface area contributed by atoms with Gasteiger partial charge in [-0.3, -0.25) is 14.9 Å². The second kappa shape index (κ2) is 7.25. The Morgan fingerprint density at radius 3 is 2.30 bits per heavy atom. The van der Waals surface area contributed by atoms with Crippen LogP contribution in [0.15, 0.2) is 48.0 Å². The number of nitrogens with one attached hydrogen (secondary N) is 1. The molecule has 0 bridgehead atoms. The Morgan fingerprint density at radius 2 is 1.70 bits per heavy atom. The van der Waals surface area contributed by atoms with Crippen molar-refractivity contribution in [3.8, 4) is 0 Å². The first-order valence-corrected chi connectivity index (χ1v) is 8.60. The van der Waals surface area contributed by atoms with Crippen molar-refractivity contribution >= 4 is 46.9 Å². The van der Waals surface area contributed by atoms with Crippen LogP contribution in [0.3, 0.4) is 0 Å². The highest BCUT2D eigenvalue weighted by Gasteiger charge is 2.36. The maximum absolute atomic E-state index is 12.8. The fraction of sp³-hybridized carbons (Fsp3) is 0.150. The number of carbonyl (C=O) groups excluding carboxylic acids is 3. The first-order valence-electron chi connectivity index (χ1n) is 8.23. The van der Waals surface area contributed by atoms with E-state index in [1.165, 1.54) is 12.1 Å². The van der Waals surface area contributed by atoms with Gasteiger partial charge in [-0.15, -0.1) is 0 Å². The molecule has 0 spiro atoms. The van der Waals surface area contributed by atoms with Gasteiger partial charge in [-0.25, -0.2) is 9.69 Å². The van der Waals surface area contributed by atoms with Crippen molar-refractivity contribution in [1.82, 2.24) is 5.32 Å². The maximum Gasteiger partial charge on any atom is 0.335 e. The summed E-state index contributed by atoms with van der Waals surface area (Å²) in [6.45, 7) is 1.82. The summed E-state index contributed by atoms with van der Waals surface area (Å²) in [6.07, 6.45) is 1.46. The summed E-state index contributed by atoms with van der Waals surface area (Å²) >= 11 is 6.11. The van der Waals surface area contributed by atoms with Gasteiger partial charge in [0.15, 0.2) is 0 Å². The number of imide groups is 2. The predicted octanol–water partition coefficient (Wildman–Crippen LogP) is 3.38. The van der Waals surface area contributed by atoms with E-state index in [4.69, 9.17) is 11.6 Å². The Kier molecular flexibility index (Phi) is 5.01. The van der Waals surface area contributed by atoms with Gasteiger partial charge in [-0.2, -0.15) is 0 Å². The summed E-state index contributed by atoms with van der Waals surface area (Å²) in [7, 11) is 3.84. The summed E-state index contributed by atoms with van der Waals surface area (Å²) in [4.78, 5) is 40.1. The molecule has 7 heteroatoms. The SMILES string of the molecule is Cc1ccc(N2C(=O)NC(=O)/C(=C/c3ccc(N(C)C)cc3)C2=O)cc1Cl. The summed E-state index contributed by atoms with van der Waals surface area (Å²) < 4.78 is 0. The van der Waals surface area contributed by atoms with Crippen molar-refractivity contribution in [2.75, 3.05) is 23.9 Å². The lowest BCUT2D eigenvalue weighted by Crippen LogP contribution is -2.54. The average molecular weight is 384 g/mol. The van der Waals surface area contributed by atoms with Crippen molar-refractivity contribution in [3.05, 3.63) is 64.2 Å². The highest BCUT2D eigenvalue weighted by Crippen LogP contribution is 2.26. The highest BCUT2D eigenvalue weighted by molar-refractivity contribution is 6.39. The van der Waals surface area contributed by atoms with E-state index in [1.807, 2.05) is 38.1 Å². The molecule has 3 rings (SSSR count). The number of benzene rings is 2. The van der Waals surface area contributed by atoms with Crippen LogP contribution in [0.5, 0.6) is 0 Å². The molecule has 0 unspecified atom stereocenters. The average Bonchev–Trinajstić information content (AvgIpc) is 2.62. The number of nitrogens with zero attached hydrogens (tertiary/aromatic N) is 2. The maximum atomic E-state index is 12.8. The van der Waals surface area contributed by atoms with Gasteiger partial charge < -0.3 is 4.90 Å². The molecule has 0 atom stereocenters. The number of urea groups is 1. The van der Waals surface area contributed by atoms with Crippen LogP contribution >= 0.6 is 11.6 Å². The van der Waals surface area contributed by atoms with E-state index < -0.39 is 17.8 Å². The Balaban J connectivity index is 1.97. The molecule has 138 valence electrons. The molecule has 1 aliphatic rings. The minimum atomic E-state index is -0.801. The van der Waals surface area contributed by atoms with E-state index in [2.05, 4.69) is 5.32 Å². The molecule has 0 saturated carbocycles. The first kappa shape index (κ1) is 18.7. The molecule has 4 amide bonds. The lowest BCUT2D eigenvalue weighted by molar-refractivity contribution is -0.122. The normalized spacial score (nSPS) is 15.9. The van der Waals surface area contributed by atoms with Crippen LogP contribution in [-0.2, 0) is 9.59 Å². The van der Waals surface area contributed by atoms with Crippen molar-refractivity contribution in [2.24, 2.45) is 0 Å². The summed E-state index contributed by atoms with van der Waals surface area (Å²) in [6, 6.07) is 11.4. The summed E-state index contributed by atoms with van der Waals surface area (Å²) in [5, 5.41) is 2.63. The third kappa shape index (κ3) is 3.71. The van der Waals surface area contributed by atoms with E-state index in [9.17, 15) is 14.4 Å². The zero-order valence-electron chi connectivity index (χ0n) is 15.1. The molecule has 1 saturated heterocycles. The number of halogens is 1. The third-order valence-corrected chi connectivity index (χ3v) is 4.64. The van der Waals surface area contributed by atoms with Crippen LogP contribution in [-0.4, -0.2) is 31.9 Å². The van der Waals surface area contributed by atoms with Crippen LogP contribution in [0, 0.1) is 6.92 Å². The Hall–Kier alpha value is -3.12. The van der Waals surface area contributed by atoms with Crippen LogP contribution in [0.2, 0.25) is 5.02 Å². The number of carbonyl (C=O) groups is 3. The van der Waals surface area contributed by atoms with Crippen molar-refractivity contribution < 1.29 is 14.4 Å². The van der Waals surface area contributed by atoms with Crippen LogP contribution in [0.4, 0.5) is 16.2 Å². The number of hydrogen-bond donors (Lipinski definition) is 1. The van der Waals surface area contributed by atoms with Crippen molar-refractivity contribution in [2.45, 2.75) is 6.92 Å². The molecule has 2 aromatic carbocycles. The lowest BCUT2D eigenvalue weighted by atomic mass is 10.1. The molecule has 2 aromatic rings. The summed E-state index contributed by atoms with van der Waals surface area (Å²) in [5.74, 6) is -1.42. The molecule has 27 heavy (non-hydrogen) atoms. The molecule has 1 fully saturated rings. The molecule has 1 N–H and O–H groups in total. The fourth-order valence-electron chi connectivity index (χ4n) is 2.65. The minimum Gasteiger partial charge on any atom is -0.378 e. The minimum absolute atomic E-state index is 0.121. The van der Waals surface area contributed by atoms with Gasteiger partial charge >= 0.3 is 6.03 Å². The quantitative estimate of drug-likeness (QED) is 0.651. The molecular weight excluding hydrogens is 366 g/mol. The van der Waals surface area contributed by atoms with E-state index >= 15 is 0 Å². The second-order valence-electron chi connectivity index (χ2n) is 6.38. The number of rotatable bonds is 3. The predicted molar refractivity (Wildman–Crippen MR) is 106 cm³/mol. The largest absolute Gasteiger partial charge is 0.378 e. The smallest absolute Gasteiger partial charge is 0.335 e. The van der Waals surface area contributed by atoms with Crippen molar-refractivity contribution in [1.29, 1.82) is 0 Å². The molecule has 1 aliphatic heterocycles. The molecule has 0 radical (unpaired) electrons. The Bertz CT molecular complexity index is 965. The topological polar surface area (TPSA) is 69.7 Å². The van der Waals surface area contributed by atoms with Gasteiger partial charge in [-0.1, -0.05) is 29.8 Å².